The Morgan fingerprint density at radius 1 is 1.50 bits per heavy atom. The van der Waals surface area contributed by atoms with Crippen LogP contribution >= 0.6 is 0 Å². The van der Waals surface area contributed by atoms with E-state index < -0.39 is 0 Å². The third-order valence-electron chi connectivity index (χ3n) is 2.50. The Hall–Kier alpha value is -1.55. The summed E-state index contributed by atoms with van der Waals surface area (Å²) in [6.07, 6.45) is 0.602. The molecule has 0 unspecified atom stereocenters. The maximum absolute atomic E-state index is 10.9. The first-order valence-corrected chi connectivity index (χ1v) is 4.50. The molecule has 1 amide bonds. The lowest BCUT2D eigenvalue weighted by Gasteiger charge is -2.23. The van der Waals surface area contributed by atoms with Gasteiger partial charge in [-0.25, -0.2) is 0 Å². The van der Waals surface area contributed by atoms with E-state index in [0.717, 1.165) is 11.1 Å². The number of fused-ring (bicyclic) bond motifs is 1. The van der Waals surface area contributed by atoms with Gasteiger partial charge in [0.2, 0.25) is 5.91 Å². The number of amides is 1. The summed E-state index contributed by atoms with van der Waals surface area (Å²) in [4.78, 5) is 10.9. The van der Waals surface area contributed by atoms with Crippen molar-refractivity contribution >= 4 is 5.91 Å². The molecule has 0 aliphatic carbocycles. The first-order valence-electron chi connectivity index (χ1n) is 4.50. The van der Waals surface area contributed by atoms with Crippen molar-refractivity contribution in [1.82, 2.24) is 5.32 Å². The van der Waals surface area contributed by atoms with Crippen LogP contribution in [-0.4, -0.2) is 17.1 Å². The van der Waals surface area contributed by atoms with Gasteiger partial charge in [-0.15, -0.1) is 0 Å². The second kappa shape index (κ2) is 3.31. The summed E-state index contributed by atoms with van der Waals surface area (Å²) in [5.41, 5.74) is 7.31. The third kappa shape index (κ3) is 1.56. The Kier molecular flexibility index (Phi) is 2.13. The molecule has 4 heteroatoms. The number of nitrogens with one attached hydrogen (secondary N) is 1. The van der Waals surface area contributed by atoms with E-state index in [1.807, 2.05) is 6.07 Å². The van der Waals surface area contributed by atoms with Crippen molar-refractivity contribution in [1.29, 1.82) is 0 Å². The van der Waals surface area contributed by atoms with Crippen molar-refractivity contribution in [2.75, 3.05) is 0 Å². The number of phenols is 1. The van der Waals surface area contributed by atoms with Crippen LogP contribution in [0, 0.1) is 0 Å². The van der Waals surface area contributed by atoms with Gasteiger partial charge in [-0.1, -0.05) is 6.07 Å². The molecule has 0 saturated heterocycles. The summed E-state index contributed by atoms with van der Waals surface area (Å²) in [7, 11) is 0. The molecule has 0 aromatic heterocycles. The number of benzene rings is 1. The van der Waals surface area contributed by atoms with Gasteiger partial charge in [0, 0.05) is 6.54 Å². The lowest BCUT2D eigenvalue weighted by molar-refractivity contribution is -0.120. The van der Waals surface area contributed by atoms with Gasteiger partial charge in [-0.05, 0) is 29.7 Å². The van der Waals surface area contributed by atoms with Crippen molar-refractivity contribution in [3.63, 3.8) is 0 Å². The Morgan fingerprint density at radius 2 is 2.29 bits per heavy atom. The lowest BCUT2D eigenvalue weighted by atomic mass is 9.95. The summed E-state index contributed by atoms with van der Waals surface area (Å²) in [6.45, 7) is 0.581. The van der Waals surface area contributed by atoms with E-state index in [9.17, 15) is 9.90 Å². The number of carbonyl (C=O) groups is 1. The van der Waals surface area contributed by atoms with Crippen molar-refractivity contribution in [2.45, 2.75) is 19.0 Å². The van der Waals surface area contributed by atoms with Crippen LogP contribution in [0.2, 0.25) is 0 Å². The molecule has 74 valence electrons. The zero-order valence-electron chi connectivity index (χ0n) is 7.66. The van der Waals surface area contributed by atoms with E-state index in [1.165, 1.54) is 0 Å². The largest absolute Gasteiger partial charge is 0.508 e. The SMILES string of the molecule is NC(=O)[C@H]1Cc2ccc(O)cc2CN1. The molecule has 1 aliphatic rings. The minimum Gasteiger partial charge on any atom is -0.508 e. The van der Waals surface area contributed by atoms with Gasteiger partial charge in [-0.3, -0.25) is 4.79 Å². The molecule has 0 saturated carbocycles. The Balaban J connectivity index is 2.27. The molecule has 0 bridgehead atoms. The first-order chi connectivity index (χ1) is 6.66. The first kappa shape index (κ1) is 9.02. The van der Waals surface area contributed by atoms with E-state index in [-0.39, 0.29) is 17.7 Å². The molecule has 0 fully saturated rings. The fourth-order valence-electron chi connectivity index (χ4n) is 1.70. The number of hydrogen-bond donors (Lipinski definition) is 3. The summed E-state index contributed by atoms with van der Waals surface area (Å²) in [5.74, 6) is -0.0770. The van der Waals surface area contributed by atoms with Crippen LogP contribution in [0.15, 0.2) is 18.2 Å². The average Bonchev–Trinajstić information content (AvgIpc) is 2.16. The van der Waals surface area contributed by atoms with Gasteiger partial charge in [0.05, 0.1) is 6.04 Å². The van der Waals surface area contributed by atoms with Crippen LogP contribution in [0.1, 0.15) is 11.1 Å². The topological polar surface area (TPSA) is 75.4 Å². The van der Waals surface area contributed by atoms with Crippen LogP contribution in [0.25, 0.3) is 0 Å². The Morgan fingerprint density at radius 3 is 3.00 bits per heavy atom. The normalized spacial score (nSPS) is 20.1. The van der Waals surface area contributed by atoms with Gasteiger partial charge in [0.15, 0.2) is 0 Å². The molecule has 4 N–H and O–H groups in total. The highest BCUT2D eigenvalue weighted by Crippen LogP contribution is 2.21. The summed E-state index contributed by atoms with van der Waals surface area (Å²) >= 11 is 0. The summed E-state index contributed by atoms with van der Waals surface area (Å²) in [5, 5.41) is 12.3. The van der Waals surface area contributed by atoms with Crippen LogP contribution in [0.5, 0.6) is 5.75 Å². The zero-order chi connectivity index (χ0) is 10.1. The standard InChI is InChI=1S/C10H12N2O2/c11-10(14)9-4-6-1-2-8(13)3-7(6)5-12-9/h1-3,9,12-13H,4-5H2,(H2,11,14)/t9-/m1/s1. The van der Waals surface area contributed by atoms with E-state index in [0.29, 0.717) is 13.0 Å². The zero-order valence-corrected chi connectivity index (χ0v) is 7.66. The van der Waals surface area contributed by atoms with Crippen molar-refractivity contribution in [3.8, 4) is 5.75 Å². The molecule has 1 atom stereocenters. The van der Waals surface area contributed by atoms with Gasteiger partial charge >= 0.3 is 0 Å². The predicted octanol–water partition coefficient (Wildman–Crippen LogP) is -0.108. The number of phenolic OH excluding ortho intramolecular Hbond substituents is 1. The van der Waals surface area contributed by atoms with Crippen LogP contribution < -0.4 is 11.1 Å². The van der Waals surface area contributed by atoms with E-state index in [1.54, 1.807) is 12.1 Å². The Bertz CT molecular complexity index is 376. The van der Waals surface area contributed by atoms with Gasteiger partial charge in [0.1, 0.15) is 5.75 Å². The van der Waals surface area contributed by atoms with E-state index in [4.69, 9.17) is 5.73 Å². The van der Waals surface area contributed by atoms with E-state index in [2.05, 4.69) is 5.32 Å². The maximum Gasteiger partial charge on any atom is 0.234 e. The molecule has 1 aliphatic heterocycles. The molecule has 1 aromatic carbocycles. The molecular formula is C10H12N2O2. The number of nitrogens with two attached hydrogens (primary N) is 1. The van der Waals surface area contributed by atoms with Crippen LogP contribution in [-0.2, 0) is 17.8 Å². The quantitative estimate of drug-likeness (QED) is 0.581. The van der Waals surface area contributed by atoms with Crippen LogP contribution in [0.3, 0.4) is 0 Å². The van der Waals surface area contributed by atoms with Crippen LogP contribution in [0.4, 0.5) is 0 Å². The van der Waals surface area contributed by atoms with Crippen molar-refractivity contribution < 1.29 is 9.90 Å². The number of carbonyl (C=O) groups excluding carboxylic acids is 1. The van der Waals surface area contributed by atoms with E-state index >= 15 is 0 Å². The number of primary amides is 1. The molecule has 1 aromatic rings. The maximum atomic E-state index is 10.9. The third-order valence-corrected chi connectivity index (χ3v) is 2.50. The molecule has 0 radical (unpaired) electrons. The smallest absolute Gasteiger partial charge is 0.234 e. The highest BCUT2D eigenvalue weighted by Gasteiger charge is 2.21. The average molecular weight is 192 g/mol. The molecule has 0 spiro atoms. The summed E-state index contributed by atoms with van der Waals surface area (Å²) < 4.78 is 0. The number of hydrogen-bond acceptors (Lipinski definition) is 3. The van der Waals surface area contributed by atoms with Gasteiger partial charge < -0.3 is 16.2 Å². The highest BCUT2D eigenvalue weighted by atomic mass is 16.3. The second-order valence-electron chi connectivity index (χ2n) is 3.49. The molecular weight excluding hydrogens is 180 g/mol. The summed E-state index contributed by atoms with van der Waals surface area (Å²) in [6, 6.07) is 4.88. The van der Waals surface area contributed by atoms with Gasteiger partial charge in [-0.2, -0.15) is 0 Å². The van der Waals surface area contributed by atoms with Crippen molar-refractivity contribution in [3.05, 3.63) is 29.3 Å². The molecule has 14 heavy (non-hydrogen) atoms. The minimum absolute atomic E-state index is 0.253. The second-order valence-corrected chi connectivity index (χ2v) is 3.49. The highest BCUT2D eigenvalue weighted by molar-refractivity contribution is 5.80. The number of rotatable bonds is 1. The lowest BCUT2D eigenvalue weighted by Crippen LogP contribution is -2.45. The molecule has 1 heterocycles. The minimum atomic E-state index is -0.330. The number of aromatic hydroxyl groups is 1. The fourth-order valence-corrected chi connectivity index (χ4v) is 1.70. The molecule has 2 rings (SSSR count). The van der Waals surface area contributed by atoms with Gasteiger partial charge in [0.25, 0.3) is 0 Å². The monoisotopic (exact) mass is 192 g/mol. The fraction of sp³-hybridized carbons (Fsp3) is 0.300. The Labute approximate surface area is 81.7 Å². The van der Waals surface area contributed by atoms with Crippen molar-refractivity contribution in [2.24, 2.45) is 5.73 Å². The predicted molar refractivity (Wildman–Crippen MR) is 51.6 cm³/mol. The molecule has 4 nitrogen and oxygen atoms in total.